The minimum Gasteiger partial charge on any atom is -0.489 e. The van der Waals surface area contributed by atoms with Crippen molar-refractivity contribution in [3.05, 3.63) is 58.6 Å². The molecule has 0 bridgehead atoms. The summed E-state index contributed by atoms with van der Waals surface area (Å²) in [6, 6.07) is 10.7. The molecule has 6 nitrogen and oxygen atoms in total. The number of hydrogen-bond donors (Lipinski definition) is 1. The summed E-state index contributed by atoms with van der Waals surface area (Å²) in [5.74, 6) is -0.670. The largest absolute Gasteiger partial charge is 0.489 e. The lowest BCUT2D eigenvalue weighted by atomic mass is 9.91. The van der Waals surface area contributed by atoms with Crippen molar-refractivity contribution in [2.45, 2.75) is 37.7 Å². The monoisotopic (exact) mass is 471 g/mol. The summed E-state index contributed by atoms with van der Waals surface area (Å²) >= 11 is 6.21. The number of amides is 1. The van der Waals surface area contributed by atoms with Crippen molar-refractivity contribution in [3.8, 4) is 5.75 Å². The smallest absolute Gasteiger partial charge is 0.261 e. The van der Waals surface area contributed by atoms with E-state index in [0.717, 1.165) is 0 Å². The van der Waals surface area contributed by atoms with Crippen LogP contribution in [0, 0.1) is 5.92 Å². The van der Waals surface area contributed by atoms with Crippen LogP contribution in [0.5, 0.6) is 5.75 Å². The number of nitrogens with one attached hydrogen (secondary N) is 1. The second-order valence-electron chi connectivity index (χ2n) is 7.04. The molecule has 2 aromatic carbocycles. The van der Waals surface area contributed by atoms with Crippen LogP contribution in [0.25, 0.3) is 0 Å². The van der Waals surface area contributed by atoms with Crippen molar-refractivity contribution < 1.29 is 22.7 Å². The number of ether oxygens (including phenoxy) is 1. The Morgan fingerprint density at radius 3 is 2.23 bits per heavy atom. The molecule has 1 atom stereocenters. The highest BCUT2D eigenvalue weighted by molar-refractivity contribution is 8.13. The normalized spacial score (nSPS) is 12.5. The molecule has 0 heterocycles. The Labute approximate surface area is 185 Å². The zero-order valence-corrected chi connectivity index (χ0v) is 19.1. The van der Waals surface area contributed by atoms with Crippen LogP contribution in [-0.4, -0.2) is 33.3 Å². The predicted molar refractivity (Wildman–Crippen MR) is 117 cm³/mol. The van der Waals surface area contributed by atoms with E-state index in [1.165, 1.54) is 25.2 Å². The molecule has 2 rings (SSSR count). The number of Topliss-reactive ketones (excluding diaryl/α,β-unsaturated/α-hetero) is 1. The average molecular weight is 472 g/mol. The molecule has 0 radical (unpaired) electrons. The van der Waals surface area contributed by atoms with E-state index in [0.29, 0.717) is 21.9 Å². The van der Waals surface area contributed by atoms with Crippen LogP contribution >= 0.6 is 22.3 Å². The van der Waals surface area contributed by atoms with Crippen LogP contribution in [0.15, 0.2) is 47.4 Å². The first-order valence-electron chi connectivity index (χ1n) is 9.26. The molecule has 1 N–H and O–H groups in total. The van der Waals surface area contributed by atoms with E-state index in [4.69, 9.17) is 27.0 Å². The quantitative estimate of drug-likeness (QED) is 0.436. The molecule has 0 fully saturated rings. The zero-order chi connectivity index (χ0) is 22.5. The van der Waals surface area contributed by atoms with Crippen molar-refractivity contribution in [1.29, 1.82) is 0 Å². The summed E-state index contributed by atoms with van der Waals surface area (Å²) < 4.78 is 28.3. The maximum atomic E-state index is 12.8. The van der Waals surface area contributed by atoms with E-state index in [1.807, 2.05) is 13.8 Å². The molecule has 1 amide bonds. The van der Waals surface area contributed by atoms with Gasteiger partial charge < -0.3 is 10.1 Å². The zero-order valence-electron chi connectivity index (χ0n) is 16.8. The lowest BCUT2D eigenvalue weighted by Gasteiger charge is -2.16. The third-order valence-electron chi connectivity index (χ3n) is 4.35. The molecule has 2 aromatic rings. The van der Waals surface area contributed by atoms with E-state index in [-0.39, 0.29) is 35.5 Å². The maximum absolute atomic E-state index is 12.8. The van der Waals surface area contributed by atoms with Gasteiger partial charge in [0, 0.05) is 35.6 Å². The molecule has 162 valence electrons. The Hall–Kier alpha value is -2.09. The van der Waals surface area contributed by atoms with E-state index in [9.17, 15) is 18.0 Å². The summed E-state index contributed by atoms with van der Waals surface area (Å²) in [6.07, 6.45) is 0.175. The van der Waals surface area contributed by atoms with Crippen LogP contribution < -0.4 is 10.1 Å². The Morgan fingerprint density at radius 2 is 1.73 bits per heavy atom. The van der Waals surface area contributed by atoms with E-state index < -0.39 is 15.0 Å². The standard InChI is InChI=1S/C21H23Cl2NO5S/c1-13(2)29-20-9-6-15(11-18(20)22)19(25)12-16(21(26)24-3)10-14-4-7-17(8-5-14)30(23,27)28/h4-9,11,13,16H,10,12H2,1-3H3,(H,24,26). The van der Waals surface area contributed by atoms with Crippen molar-refractivity contribution in [1.82, 2.24) is 5.32 Å². The van der Waals surface area contributed by atoms with Gasteiger partial charge in [0.25, 0.3) is 9.05 Å². The van der Waals surface area contributed by atoms with Crippen LogP contribution in [0.4, 0.5) is 0 Å². The molecule has 0 aliphatic rings. The number of carbonyl (C=O) groups excluding carboxylic acids is 2. The summed E-state index contributed by atoms with van der Waals surface area (Å²) in [5.41, 5.74) is 1.09. The lowest BCUT2D eigenvalue weighted by molar-refractivity contribution is -0.124. The topological polar surface area (TPSA) is 89.5 Å². The van der Waals surface area contributed by atoms with Crippen LogP contribution in [0.2, 0.25) is 5.02 Å². The van der Waals surface area contributed by atoms with Gasteiger partial charge in [0.15, 0.2) is 5.78 Å². The van der Waals surface area contributed by atoms with Crippen LogP contribution in [0.3, 0.4) is 0 Å². The average Bonchev–Trinajstić information content (AvgIpc) is 2.67. The van der Waals surface area contributed by atoms with Gasteiger partial charge >= 0.3 is 0 Å². The molecule has 30 heavy (non-hydrogen) atoms. The van der Waals surface area contributed by atoms with Gasteiger partial charge in [-0.1, -0.05) is 23.7 Å². The first-order chi connectivity index (χ1) is 14.0. The maximum Gasteiger partial charge on any atom is 0.261 e. The van der Waals surface area contributed by atoms with Crippen LogP contribution in [-0.2, 0) is 20.3 Å². The Balaban J connectivity index is 2.17. The summed E-state index contributed by atoms with van der Waals surface area (Å²) in [5, 5.41) is 2.89. The van der Waals surface area contributed by atoms with Gasteiger partial charge in [-0.05, 0) is 56.2 Å². The lowest BCUT2D eigenvalue weighted by Crippen LogP contribution is -2.30. The van der Waals surface area contributed by atoms with Crippen molar-refractivity contribution in [2.75, 3.05) is 7.05 Å². The number of rotatable bonds is 9. The number of hydrogen-bond acceptors (Lipinski definition) is 5. The molecular formula is C21H23Cl2NO5S. The molecule has 1 unspecified atom stereocenters. The van der Waals surface area contributed by atoms with Gasteiger partial charge in [-0.2, -0.15) is 0 Å². The summed E-state index contributed by atoms with van der Waals surface area (Å²) in [7, 11) is 3.00. The number of halogens is 2. The SMILES string of the molecule is CNC(=O)C(CC(=O)c1ccc(OC(C)C)c(Cl)c1)Cc1ccc(S(=O)(=O)Cl)cc1. The molecule has 9 heteroatoms. The van der Waals surface area contributed by atoms with Gasteiger partial charge in [0.05, 0.1) is 16.0 Å². The molecule has 0 aliphatic heterocycles. The summed E-state index contributed by atoms with van der Waals surface area (Å²) in [6.45, 7) is 3.75. The predicted octanol–water partition coefficient (Wildman–Crippen LogP) is 4.23. The Kier molecular flexibility index (Phi) is 8.29. The third kappa shape index (κ3) is 6.72. The van der Waals surface area contributed by atoms with Gasteiger partial charge in [-0.25, -0.2) is 8.42 Å². The fourth-order valence-electron chi connectivity index (χ4n) is 2.90. The van der Waals surface area contributed by atoms with Gasteiger partial charge in [0.1, 0.15) is 5.75 Å². The highest BCUT2D eigenvalue weighted by Crippen LogP contribution is 2.28. The molecular weight excluding hydrogens is 449 g/mol. The molecule has 0 saturated heterocycles. The van der Waals surface area contributed by atoms with Crippen molar-refractivity contribution in [2.24, 2.45) is 5.92 Å². The van der Waals surface area contributed by atoms with Gasteiger partial charge in [-0.3, -0.25) is 9.59 Å². The first kappa shape index (κ1) is 24.2. The summed E-state index contributed by atoms with van der Waals surface area (Å²) in [4.78, 5) is 25.1. The highest BCUT2D eigenvalue weighted by Gasteiger charge is 2.23. The van der Waals surface area contributed by atoms with Crippen molar-refractivity contribution in [3.63, 3.8) is 0 Å². The minimum atomic E-state index is -3.82. The second-order valence-corrected chi connectivity index (χ2v) is 10.0. The molecule has 0 aliphatic carbocycles. The highest BCUT2D eigenvalue weighted by atomic mass is 35.7. The molecule has 0 saturated carbocycles. The van der Waals surface area contributed by atoms with E-state index in [2.05, 4.69) is 5.32 Å². The Bertz CT molecular complexity index is 1020. The fraction of sp³-hybridized carbons (Fsp3) is 0.333. The molecule has 0 spiro atoms. The first-order valence-corrected chi connectivity index (χ1v) is 11.9. The number of benzene rings is 2. The number of ketones is 1. The number of carbonyl (C=O) groups is 2. The fourth-order valence-corrected chi connectivity index (χ4v) is 3.89. The van der Waals surface area contributed by atoms with E-state index >= 15 is 0 Å². The van der Waals surface area contributed by atoms with Gasteiger partial charge in [-0.15, -0.1) is 0 Å². The Morgan fingerprint density at radius 1 is 1.10 bits per heavy atom. The second kappa shape index (κ2) is 10.3. The van der Waals surface area contributed by atoms with Crippen LogP contribution in [0.1, 0.15) is 36.2 Å². The third-order valence-corrected chi connectivity index (χ3v) is 6.02. The van der Waals surface area contributed by atoms with Crippen molar-refractivity contribution >= 4 is 43.0 Å². The van der Waals surface area contributed by atoms with E-state index in [1.54, 1.807) is 24.3 Å². The van der Waals surface area contributed by atoms with Gasteiger partial charge in [0.2, 0.25) is 5.91 Å². The minimum absolute atomic E-state index is 0.0289. The molecule has 0 aromatic heterocycles.